The Morgan fingerprint density at radius 3 is 3.07 bits per heavy atom. The number of hydrogen-bond donors (Lipinski definition) is 3. The van der Waals surface area contributed by atoms with E-state index in [0.717, 1.165) is 6.42 Å². The van der Waals surface area contributed by atoms with E-state index in [2.05, 4.69) is 21.4 Å². The molecule has 0 bridgehead atoms. The lowest BCUT2D eigenvalue weighted by molar-refractivity contribution is -0.126. The van der Waals surface area contributed by atoms with E-state index in [1.165, 1.54) is 17.8 Å². The van der Waals surface area contributed by atoms with Crippen molar-refractivity contribution in [1.29, 1.82) is 0 Å². The fourth-order valence-electron chi connectivity index (χ4n) is 2.66. The standard InChI is InChI=1S/C19H25N3O5S/c1-5-7-14(15-9-13(26-8-6-2)10-16(23)27-15)20-18(24)19(4)11-28-17(21-19)12(3)22-25/h2,9-10,14,16,23,25H,5,7-8,11H2,1,3-4H3,(H,20,24)/b22-12+/t14-,16?,19?/m1/s1. The largest absolute Gasteiger partial charge is 0.481 e. The van der Waals surface area contributed by atoms with Gasteiger partial charge in [0.1, 0.15) is 34.4 Å². The van der Waals surface area contributed by atoms with Crippen molar-refractivity contribution in [2.75, 3.05) is 12.4 Å². The topological polar surface area (TPSA) is 113 Å². The van der Waals surface area contributed by atoms with Gasteiger partial charge in [0.05, 0.1) is 6.04 Å². The molecule has 2 unspecified atom stereocenters. The number of allylic oxidation sites excluding steroid dienone is 1. The van der Waals surface area contributed by atoms with Gasteiger partial charge >= 0.3 is 0 Å². The van der Waals surface area contributed by atoms with Crippen molar-refractivity contribution in [3.8, 4) is 12.3 Å². The summed E-state index contributed by atoms with van der Waals surface area (Å²) in [4.78, 5) is 17.4. The molecule has 0 aliphatic carbocycles. The minimum absolute atomic E-state index is 0.0612. The lowest BCUT2D eigenvalue weighted by atomic mass is 10.0. The number of hydrogen-bond acceptors (Lipinski definition) is 8. The molecule has 0 aromatic heterocycles. The molecule has 152 valence electrons. The van der Waals surface area contributed by atoms with Crippen LogP contribution in [0, 0.1) is 12.3 Å². The Balaban J connectivity index is 2.17. The van der Waals surface area contributed by atoms with Gasteiger partial charge in [-0.2, -0.15) is 0 Å². The Bertz CT molecular complexity index is 768. The first-order valence-electron chi connectivity index (χ1n) is 8.90. The number of amides is 1. The van der Waals surface area contributed by atoms with E-state index >= 15 is 0 Å². The van der Waals surface area contributed by atoms with Crippen LogP contribution in [0.3, 0.4) is 0 Å². The summed E-state index contributed by atoms with van der Waals surface area (Å²) in [6, 6.07) is -0.459. The van der Waals surface area contributed by atoms with E-state index in [4.69, 9.17) is 21.1 Å². The van der Waals surface area contributed by atoms with E-state index in [0.29, 0.717) is 34.4 Å². The van der Waals surface area contributed by atoms with Gasteiger partial charge in [0.25, 0.3) is 0 Å². The highest BCUT2D eigenvalue weighted by Gasteiger charge is 2.40. The maximum atomic E-state index is 12.9. The summed E-state index contributed by atoms with van der Waals surface area (Å²) in [5.41, 5.74) is -0.627. The van der Waals surface area contributed by atoms with Crippen molar-refractivity contribution in [3.05, 3.63) is 23.7 Å². The van der Waals surface area contributed by atoms with Gasteiger partial charge in [-0.1, -0.05) is 24.4 Å². The molecule has 0 aromatic rings. The summed E-state index contributed by atoms with van der Waals surface area (Å²) in [7, 11) is 0. The number of aliphatic hydroxyl groups is 1. The molecule has 1 amide bonds. The first-order chi connectivity index (χ1) is 13.3. The van der Waals surface area contributed by atoms with Crippen LogP contribution >= 0.6 is 11.8 Å². The Morgan fingerprint density at radius 2 is 2.43 bits per heavy atom. The molecule has 9 heteroatoms. The molecular formula is C19H25N3O5S. The summed E-state index contributed by atoms with van der Waals surface area (Å²) in [5.74, 6) is 3.29. The van der Waals surface area contributed by atoms with Crippen LogP contribution in [0.5, 0.6) is 0 Å². The minimum atomic E-state index is -1.19. The van der Waals surface area contributed by atoms with Crippen LogP contribution in [0.25, 0.3) is 0 Å². The number of nitrogens with one attached hydrogen (secondary N) is 1. The van der Waals surface area contributed by atoms with Crippen molar-refractivity contribution in [3.63, 3.8) is 0 Å². The summed E-state index contributed by atoms with van der Waals surface area (Å²) >= 11 is 1.36. The molecule has 0 radical (unpaired) electrons. The lowest BCUT2D eigenvalue weighted by Crippen LogP contribution is -2.49. The maximum absolute atomic E-state index is 12.9. The summed E-state index contributed by atoms with van der Waals surface area (Å²) in [5, 5.41) is 25.5. The number of rotatable bonds is 8. The number of carbonyl (C=O) groups excluding carboxylic acids is 1. The van der Waals surface area contributed by atoms with Crippen molar-refractivity contribution in [2.24, 2.45) is 10.1 Å². The number of aliphatic hydroxyl groups excluding tert-OH is 1. The molecule has 2 rings (SSSR count). The van der Waals surface area contributed by atoms with Crippen molar-refractivity contribution in [2.45, 2.75) is 51.5 Å². The zero-order chi connectivity index (χ0) is 20.7. The fraction of sp³-hybridized carbons (Fsp3) is 0.526. The van der Waals surface area contributed by atoms with Gasteiger partial charge in [0, 0.05) is 17.9 Å². The molecule has 28 heavy (non-hydrogen) atoms. The number of terminal acetylenes is 1. The van der Waals surface area contributed by atoms with E-state index in [1.807, 2.05) is 6.92 Å². The second-order valence-corrected chi connectivity index (χ2v) is 7.56. The van der Waals surface area contributed by atoms with Crippen LogP contribution in [-0.4, -0.2) is 57.2 Å². The van der Waals surface area contributed by atoms with Crippen LogP contribution in [0.4, 0.5) is 0 Å². The van der Waals surface area contributed by atoms with Crippen LogP contribution in [0.1, 0.15) is 33.6 Å². The van der Waals surface area contributed by atoms with Crippen LogP contribution in [-0.2, 0) is 14.3 Å². The molecule has 0 aromatic carbocycles. The number of carbonyl (C=O) groups is 1. The van der Waals surface area contributed by atoms with Crippen LogP contribution in [0.2, 0.25) is 0 Å². The van der Waals surface area contributed by atoms with Crippen LogP contribution in [0.15, 0.2) is 33.8 Å². The molecule has 0 fully saturated rings. The molecule has 0 spiro atoms. The predicted molar refractivity (Wildman–Crippen MR) is 108 cm³/mol. The Labute approximate surface area is 168 Å². The third-order valence-corrected chi connectivity index (χ3v) is 5.55. The summed E-state index contributed by atoms with van der Waals surface area (Å²) in [6.07, 6.45) is 8.41. The first kappa shape index (κ1) is 21.9. The molecule has 2 aliphatic heterocycles. The predicted octanol–water partition coefficient (Wildman–Crippen LogP) is 1.79. The number of ether oxygens (including phenoxy) is 2. The smallest absolute Gasteiger partial charge is 0.249 e. The summed E-state index contributed by atoms with van der Waals surface area (Å²) < 4.78 is 10.9. The normalized spacial score (nSPS) is 25.6. The van der Waals surface area contributed by atoms with Gasteiger partial charge in [0.2, 0.25) is 12.2 Å². The monoisotopic (exact) mass is 407 g/mol. The highest BCUT2D eigenvalue weighted by atomic mass is 32.2. The molecule has 3 atom stereocenters. The average Bonchev–Trinajstić information content (AvgIpc) is 3.08. The molecule has 8 nitrogen and oxygen atoms in total. The molecule has 0 saturated carbocycles. The number of aliphatic imine (C=N–C) groups is 1. The fourth-order valence-corrected chi connectivity index (χ4v) is 3.79. The second kappa shape index (κ2) is 9.66. The van der Waals surface area contributed by atoms with E-state index in [9.17, 15) is 9.90 Å². The number of thioether (sulfide) groups is 1. The van der Waals surface area contributed by atoms with E-state index < -0.39 is 17.9 Å². The van der Waals surface area contributed by atoms with Crippen molar-refractivity contribution < 1.29 is 24.6 Å². The third kappa shape index (κ3) is 5.30. The highest BCUT2D eigenvalue weighted by molar-refractivity contribution is 8.16. The molecule has 0 saturated heterocycles. The van der Waals surface area contributed by atoms with Gasteiger partial charge in [-0.15, -0.1) is 18.2 Å². The number of oxime groups is 1. The minimum Gasteiger partial charge on any atom is -0.481 e. The average molecular weight is 407 g/mol. The lowest BCUT2D eigenvalue weighted by Gasteiger charge is -2.29. The first-order valence-corrected chi connectivity index (χ1v) is 9.88. The molecule has 3 N–H and O–H groups in total. The van der Waals surface area contributed by atoms with Crippen LogP contribution < -0.4 is 5.32 Å². The Kier molecular flexibility index (Phi) is 7.54. The summed E-state index contributed by atoms with van der Waals surface area (Å²) in [6.45, 7) is 5.39. The maximum Gasteiger partial charge on any atom is 0.249 e. The zero-order valence-electron chi connectivity index (χ0n) is 16.1. The molecule has 2 aliphatic rings. The van der Waals surface area contributed by atoms with Gasteiger partial charge < -0.3 is 25.1 Å². The Hall–Kier alpha value is -2.44. The van der Waals surface area contributed by atoms with Crippen molar-refractivity contribution in [1.82, 2.24) is 5.32 Å². The second-order valence-electron chi connectivity index (χ2n) is 6.60. The molecular weight excluding hydrogens is 382 g/mol. The molecule has 2 heterocycles. The highest BCUT2D eigenvalue weighted by Crippen LogP contribution is 2.30. The van der Waals surface area contributed by atoms with Gasteiger partial charge in [-0.3, -0.25) is 9.79 Å². The van der Waals surface area contributed by atoms with Gasteiger partial charge in [-0.25, -0.2) is 0 Å². The van der Waals surface area contributed by atoms with Gasteiger partial charge in [-0.05, 0) is 20.3 Å². The van der Waals surface area contributed by atoms with Crippen molar-refractivity contribution >= 4 is 28.4 Å². The van der Waals surface area contributed by atoms with E-state index in [1.54, 1.807) is 19.9 Å². The SMILES string of the molecule is C#CCOC1=CC(O)OC([C@@H](CCC)NC(=O)C2(C)CSC(/C(C)=N/O)=N2)=C1. The van der Waals surface area contributed by atoms with Gasteiger partial charge in [0.15, 0.2) is 0 Å². The zero-order valence-corrected chi connectivity index (χ0v) is 17.0. The Morgan fingerprint density at radius 1 is 1.68 bits per heavy atom. The van der Waals surface area contributed by atoms with E-state index in [-0.39, 0.29) is 12.5 Å². The third-order valence-electron chi connectivity index (χ3n) is 4.18. The number of nitrogens with zero attached hydrogens (tertiary/aromatic N) is 2. The quantitative estimate of drug-likeness (QED) is 0.245.